The summed E-state index contributed by atoms with van der Waals surface area (Å²) in [7, 11) is -4.45. The first-order chi connectivity index (χ1) is 14.8. The number of benzene rings is 2. The number of ketones is 1. The van der Waals surface area contributed by atoms with E-state index in [0.717, 1.165) is 4.31 Å². The van der Waals surface area contributed by atoms with Crippen molar-refractivity contribution < 1.29 is 26.4 Å². The molecule has 9 nitrogen and oxygen atoms in total. The molecule has 32 heavy (non-hydrogen) atoms. The Labute approximate surface area is 188 Å². The van der Waals surface area contributed by atoms with Gasteiger partial charge in [0.15, 0.2) is 5.78 Å². The number of amides is 1. The van der Waals surface area contributed by atoms with E-state index in [9.17, 15) is 26.4 Å². The predicted molar refractivity (Wildman–Crippen MR) is 120 cm³/mol. The third kappa shape index (κ3) is 6.45. The highest BCUT2D eigenvalue weighted by Gasteiger charge is 2.18. The van der Waals surface area contributed by atoms with Crippen molar-refractivity contribution >= 4 is 31.7 Å². The van der Waals surface area contributed by atoms with Gasteiger partial charge >= 0.3 is 0 Å². The van der Waals surface area contributed by atoms with Crippen LogP contribution in [0, 0.1) is 0 Å². The first-order valence-electron chi connectivity index (χ1n) is 9.77. The van der Waals surface area contributed by atoms with Crippen molar-refractivity contribution in [3.8, 4) is 0 Å². The van der Waals surface area contributed by atoms with Gasteiger partial charge in [0, 0.05) is 32.6 Å². The average molecular weight is 482 g/mol. The number of carbonyl (C=O) groups excluding carboxylic acids is 2. The largest absolute Gasteiger partial charge is 0.350 e. The number of hydrogen-bond donors (Lipinski definition) is 2. The Morgan fingerprint density at radius 1 is 0.906 bits per heavy atom. The normalized spacial score (nSPS) is 13.0. The lowest BCUT2D eigenvalue weighted by atomic mass is 10.1. The van der Waals surface area contributed by atoms with Crippen LogP contribution in [-0.4, -0.2) is 53.5 Å². The van der Waals surface area contributed by atoms with Crippen LogP contribution in [-0.2, 0) is 24.8 Å². The zero-order chi connectivity index (χ0) is 24.1. The van der Waals surface area contributed by atoms with Crippen molar-refractivity contribution in [2.24, 2.45) is 0 Å². The van der Waals surface area contributed by atoms with E-state index in [1.807, 2.05) is 0 Å². The van der Waals surface area contributed by atoms with Crippen LogP contribution in [0.1, 0.15) is 42.2 Å². The topological polar surface area (TPSA) is 130 Å². The van der Waals surface area contributed by atoms with Crippen molar-refractivity contribution in [1.29, 1.82) is 0 Å². The number of nitrogens with one attached hydrogen (secondary N) is 2. The van der Waals surface area contributed by atoms with Crippen LogP contribution in [0.15, 0.2) is 58.3 Å². The molecule has 0 aliphatic heterocycles. The summed E-state index contributed by atoms with van der Waals surface area (Å²) in [6.07, 6.45) is -0.0812. The molecule has 0 saturated heterocycles. The van der Waals surface area contributed by atoms with E-state index in [-0.39, 0.29) is 34.4 Å². The minimum Gasteiger partial charge on any atom is -0.350 e. The number of rotatable bonds is 10. The van der Waals surface area contributed by atoms with Gasteiger partial charge in [0.2, 0.25) is 26.0 Å². The van der Waals surface area contributed by atoms with E-state index >= 15 is 0 Å². The molecular formula is C21H27N3O6S2. The molecule has 0 aliphatic carbocycles. The highest BCUT2D eigenvalue weighted by Crippen LogP contribution is 2.18. The Morgan fingerprint density at radius 2 is 1.44 bits per heavy atom. The van der Waals surface area contributed by atoms with Gasteiger partial charge in [-0.05, 0) is 43.7 Å². The average Bonchev–Trinajstić information content (AvgIpc) is 2.73. The summed E-state index contributed by atoms with van der Waals surface area (Å²) in [6.45, 7) is 3.03. The van der Waals surface area contributed by atoms with Crippen molar-refractivity contribution in [2.45, 2.75) is 36.1 Å². The molecule has 0 saturated carbocycles. The quantitative estimate of drug-likeness (QED) is 0.497. The molecule has 2 aromatic carbocycles. The van der Waals surface area contributed by atoms with Crippen LogP contribution in [0.3, 0.4) is 0 Å². The fourth-order valence-corrected chi connectivity index (χ4v) is 4.72. The second-order valence-corrected chi connectivity index (χ2v) is 11.3. The standard InChI is InChI=1S/C21H27N3O6S2/c1-15(17-5-11-20(12-6-17)32(29,30)24(3)4)23-21(26)13-14-22-31(27,28)19-9-7-18(8-10-19)16(2)25/h5-12,15,22H,13-14H2,1-4H3,(H,23,26). The van der Waals surface area contributed by atoms with E-state index < -0.39 is 26.1 Å². The molecule has 0 aliphatic rings. The number of hydrogen-bond acceptors (Lipinski definition) is 6. The van der Waals surface area contributed by atoms with Crippen LogP contribution in [0.4, 0.5) is 0 Å². The van der Waals surface area contributed by atoms with Crippen LogP contribution in [0.25, 0.3) is 0 Å². The molecule has 0 fully saturated rings. The van der Waals surface area contributed by atoms with E-state index in [4.69, 9.17) is 0 Å². The summed E-state index contributed by atoms with van der Waals surface area (Å²) in [4.78, 5) is 23.6. The fourth-order valence-electron chi connectivity index (χ4n) is 2.79. The Balaban J connectivity index is 1.90. The smallest absolute Gasteiger partial charge is 0.242 e. The molecule has 2 aromatic rings. The molecule has 0 spiro atoms. The molecule has 2 N–H and O–H groups in total. The highest BCUT2D eigenvalue weighted by atomic mass is 32.2. The van der Waals surface area contributed by atoms with E-state index in [1.165, 1.54) is 57.4 Å². The Kier molecular flexibility index (Phi) is 8.29. The SMILES string of the molecule is CC(=O)c1ccc(S(=O)(=O)NCCC(=O)NC(C)c2ccc(S(=O)(=O)N(C)C)cc2)cc1. The van der Waals surface area contributed by atoms with Crippen molar-refractivity contribution in [2.75, 3.05) is 20.6 Å². The number of Topliss-reactive ketones (excluding diaryl/α,β-unsaturated/α-hetero) is 1. The first kappa shape index (κ1) is 25.7. The highest BCUT2D eigenvalue weighted by molar-refractivity contribution is 7.89. The van der Waals surface area contributed by atoms with Gasteiger partial charge in [-0.3, -0.25) is 9.59 Å². The number of sulfonamides is 2. The lowest BCUT2D eigenvalue weighted by Gasteiger charge is -2.16. The molecule has 11 heteroatoms. The molecule has 2 rings (SSSR count). The van der Waals surface area contributed by atoms with Crippen LogP contribution < -0.4 is 10.0 Å². The van der Waals surface area contributed by atoms with Gasteiger partial charge < -0.3 is 5.32 Å². The summed E-state index contributed by atoms with van der Waals surface area (Å²) in [5, 5.41) is 2.75. The van der Waals surface area contributed by atoms with Gasteiger partial charge in [-0.1, -0.05) is 24.3 Å². The molecule has 1 amide bonds. The Hall–Kier alpha value is -2.60. The van der Waals surface area contributed by atoms with Crippen molar-refractivity contribution in [3.05, 3.63) is 59.7 Å². The molecule has 1 unspecified atom stereocenters. The summed E-state index contributed by atoms with van der Waals surface area (Å²) in [5.41, 5.74) is 1.12. The minimum atomic E-state index is -3.81. The lowest BCUT2D eigenvalue weighted by Crippen LogP contribution is -2.32. The first-order valence-corrected chi connectivity index (χ1v) is 12.7. The monoisotopic (exact) mass is 481 g/mol. The summed E-state index contributed by atoms with van der Waals surface area (Å²) in [5.74, 6) is -0.529. The number of nitrogens with zero attached hydrogens (tertiary/aromatic N) is 1. The third-order valence-corrected chi connectivity index (χ3v) is 8.06. The van der Waals surface area contributed by atoms with Gasteiger partial charge in [-0.25, -0.2) is 25.9 Å². The fraction of sp³-hybridized carbons (Fsp3) is 0.333. The molecule has 0 radical (unpaired) electrons. The van der Waals surface area contributed by atoms with Gasteiger partial charge in [0.25, 0.3) is 0 Å². The molecular weight excluding hydrogens is 454 g/mol. The van der Waals surface area contributed by atoms with Crippen molar-refractivity contribution in [1.82, 2.24) is 14.3 Å². The maximum atomic E-state index is 12.3. The van der Waals surface area contributed by atoms with E-state index in [2.05, 4.69) is 10.0 Å². The maximum Gasteiger partial charge on any atom is 0.242 e. The van der Waals surface area contributed by atoms with E-state index in [0.29, 0.717) is 11.1 Å². The third-order valence-electron chi connectivity index (χ3n) is 4.75. The van der Waals surface area contributed by atoms with Gasteiger partial charge in [-0.15, -0.1) is 0 Å². The second-order valence-electron chi connectivity index (χ2n) is 7.37. The molecule has 0 bridgehead atoms. The summed E-state index contributed by atoms with van der Waals surface area (Å²) < 4.78 is 52.4. The van der Waals surface area contributed by atoms with Gasteiger partial charge in [0.05, 0.1) is 15.8 Å². The van der Waals surface area contributed by atoms with Gasteiger partial charge in [0.1, 0.15) is 0 Å². The van der Waals surface area contributed by atoms with Crippen LogP contribution in [0.5, 0.6) is 0 Å². The van der Waals surface area contributed by atoms with Gasteiger partial charge in [-0.2, -0.15) is 0 Å². The molecule has 0 aromatic heterocycles. The predicted octanol–water partition coefficient (Wildman–Crippen LogP) is 1.69. The molecule has 174 valence electrons. The molecule has 1 atom stereocenters. The zero-order valence-corrected chi connectivity index (χ0v) is 20.0. The van der Waals surface area contributed by atoms with Crippen LogP contribution >= 0.6 is 0 Å². The Morgan fingerprint density at radius 3 is 1.94 bits per heavy atom. The second kappa shape index (κ2) is 10.3. The molecule has 0 heterocycles. The van der Waals surface area contributed by atoms with E-state index in [1.54, 1.807) is 19.1 Å². The minimum absolute atomic E-state index is 0.00374. The lowest BCUT2D eigenvalue weighted by molar-refractivity contribution is -0.121. The summed E-state index contributed by atoms with van der Waals surface area (Å²) in [6, 6.07) is 11.3. The van der Waals surface area contributed by atoms with Crippen molar-refractivity contribution in [3.63, 3.8) is 0 Å². The zero-order valence-electron chi connectivity index (χ0n) is 18.3. The maximum absolute atomic E-state index is 12.3. The summed E-state index contributed by atoms with van der Waals surface area (Å²) >= 11 is 0. The number of carbonyl (C=O) groups is 2. The van der Waals surface area contributed by atoms with Crippen LogP contribution in [0.2, 0.25) is 0 Å². The Bertz CT molecular complexity index is 1170.